The molecular weight excluding hydrogens is 600 g/mol. The molecule has 1 unspecified atom stereocenters. The van der Waals surface area contributed by atoms with E-state index in [1.165, 1.54) is 18.2 Å². The standard InChI is InChI=1S/C37H39F2N5O3/c1-5-22-8-6-9-23-12-24(45)13-25(29(22)23)30-27(38)14-26-32(31(30)39)40-34(47-20-37-10-7-11-44(37)17-21(2)15-37)41-33(26)43-18-35(3)16-28(46)36(4,19-43)42-35/h1,6,8-9,12-14,21,28,42,45-46H,7,10-11,15-20H2,2-4H3/t21-,28?,35-,36-,37+/m1/s1. The first-order valence-corrected chi connectivity index (χ1v) is 16.4. The molecule has 3 N–H and O–H groups in total. The molecule has 4 aromatic rings. The number of nitrogens with zero attached hydrogens (tertiary/aromatic N) is 4. The van der Waals surface area contributed by atoms with E-state index in [1.807, 2.05) is 18.7 Å². The Morgan fingerprint density at radius 1 is 1.15 bits per heavy atom. The van der Waals surface area contributed by atoms with Crippen molar-refractivity contribution in [2.75, 3.05) is 37.7 Å². The molecule has 2 bridgehead atoms. The number of nitrogens with one attached hydrogen (secondary N) is 1. The summed E-state index contributed by atoms with van der Waals surface area (Å²) in [6, 6.07) is 9.33. The fourth-order valence-electron chi connectivity index (χ4n) is 9.21. The van der Waals surface area contributed by atoms with Gasteiger partial charge in [0.25, 0.3) is 0 Å². The van der Waals surface area contributed by atoms with Gasteiger partial charge in [0.2, 0.25) is 0 Å². The lowest BCUT2D eigenvalue weighted by Gasteiger charge is -2.45. The van der Waals surface area contributed by atoms with Crippen molar-refractivity contribution in [3.8, 4) is 35.2 Å². The van der Waals surface area contributed by atoms with E-state index in [0.717, 1.165) is 32.4 Å². The number of terminal acetylenes is 1. The number of aliphatic hydroxyl groups is 1. The van der Waals surface area contributed by atoms with E-state index in [1.54, 1.807) is 18.2 Å². The maximum atomic E-state index is 17.0. The van der Waals surface area contributed by atoms with E-state index in [2.05, 4.69) is 28.0 Å². The summed E-state index contributed by atoms with van der Waals surface area (Å²) in [5.74, 6) is 1.65. The van der Waals surface area contributed by atoms with Crippen molar-refractivity contribution in [1.82, 2.24) is 20.2 Å². The van der Waals surface area contributed by atoms with Gasteiger partial charge in [0.05, 0.1) is 22.7 Å². The van der Waals surface area contributed by atoms with Gasteiger partial charge in [0, 0.05) is 47.1 Å². The lowest BCUT2D eigenvalue weighted by Crippen LogP contribution is -2.65. The van der Waals surface area contributed by atoms with E-state index in [0.29, 0.717) is 54.2 Å². The monoisotopic (exact) mass is 639 g/mol. The van der Waals surface area contributed by atoms with Crippen LogP contribution in [0.3, 0.4) is 0 Å². The van der Waals surface area contributed by atoms with Crippen molar-refractivity contribution >= 4 is 27.5 Å². The van der Waals surface area contributed by atoms with Gasteiger partial charge in [0.15, 0.2) is 5.82 Å². The second-order valence-corrected chi connectivity index (χ2v) is 14.9. The number of rotatable bonds is 5. The van der Waals surface area contributed by atoms with Crippen LogP contribution in [-0.4, -0.2) is 80.6 Å². The van der Waals surface area contributed by atoms with Crippen molar-refractivity contribution in [2.24, 2.45) is 5.92 Å². The maximum Gasteiger partial charge on any atom is 0.319 e. The van der Waals surface area contributed by atoms with Gasteiger partial charge in [-0.1, -0.05) is 25.0 Å². The summed E-state index contributed by atoms with van der Waals surface area (Å²) in [6.45, 7) is 9.50. The highest BCUT2D eigenvalue weighted by Gasteiger charge is 2.54. The summed E-state index contributed by atoms with van der Waals surface area (Å²) in [6.07, 6.45) is 8.86. The predicted molar refractivity (Wildman–Crippen MR) is 178 cm³/mol. The molecule has 0 aliphatic carbocycles. The Labute approximate surface area is 272 Å². The first-order valence-electron chi connectivity index (χ1n) is 16.4. The molecule has 47 heavy (non-hydrogen) atoms. The Kier molecular flexibility index (Phi) is 6.76. The summed E-state index contributed by atoms with van der Waals surface area (Å²) >= 11 is 0. The van der Waals surface area contributed by atoms with E-state index in [9.17, 15) is 10.2 Å². The van der Waals surface area contributed by atoms with Crippen LogP contribution < -0.4 is 15.0 Å². The first kappa shape index (κ1) is 30.3. The van der Waals surface area contributed by atoms with Crippen molar-refractivity contribution < 1.29 is 23.7 Å². The van der Waals surface area contributed by atoms with E-state index in [4.69, 9.17) is 16.1 Å². The van der Waals surface area contributed by atoms with Crippen molar-refractivity contribution in [3.63, 3.8) is 0 Å². The maximum absolute atomic E-state index is 17.0. The second kappa shape index (κ2) is 10.5. The Balaban J connectivity index is 1.31. The van der Waals surface area contributed by atoms with Gasteiger partial charge in [-0.25, -0.2) is 8.78 Å². The van der Waals surface area contributed by atoms with Crippen LogP contribution in [0.15, 0.2) is 36.4 Å². The van der Waals surface area contributed by atoms with E-state index >= 15 is 8.78 Å². The molecule has 0 amide bonds. The number of phenols is 1. The average Bonchev–Trinajstić information content (AvgIpc) is 3.59. The zero-order chi connectivity index (χ0) is 32.9. The molecule has 0 radical (unpaired) electrons. The molecule has 8 nitrogen and oxygen atoms in total. The summed E-state index contributed by atoms with van der Waals surface area (Å²) < 4.78 is 39.8. The van der Waals surface area contributed by atoms with E-state index in [-0.39, 0.29) is 39.3 Å². The molecule has 0 saturated carbocycles. The van der Waals surface area contributed by atoms with Gasteiger partial charge in [-0.2, -0.15) is 9.97 Å². The highest BCUT2D eigenvalue weighted by Crippen LogP contribution is 2.45. The Morgan fingerprint density at radius 2 is 1.98 bits per heavy atom. The third-order valence-corrected chi connectivity index (χ3v) is 11.0. The number of hydrogen-bond acceptors (Lipinski definition) is 8. The molecule has 5 atom stereocenters. The molecular formula is C37H39F2N5O3. The van der Waals surface area contributed by atoms with Crippen LogP contribution in [0.5, 0.6) is 11.8 Å². The van der Waals surface area contributed by atoms with Gasteiger partial charge < -0.3 is 25.2 Å². The molecule has 10 heteroatoms. The van der Waals surface area contributed by atoms with Crippen LogP contribution in [0.4, 0.5) is 14.6 Å². The number of aromatic nitrogens is 2. The summed E-state index contributed by atoms with van der Waals surface area (Å²) in [5, 5.41) is 26.4. The van der Waals surface area contributed by atoms with Gasteiger partial charge >= 0.3 is 6.01 Å². The second-order valence-electron chi connectivity index (χ2n) is 14.9. The normalized spacial score (nSPS) is 30.3. The van der Waals surface area contributed by atoms with Gasteiger partial charge in [-0.15, -0.1) is 6.42 Å². The molecule has 1 aromatic heterocycles. The summed E-state index contributed by atoms with van der Waals surface area (Å²) in [5.41, 5.74) is -1.02. The number of ether oxygens (including phenoxy) is 1. The Morgan fingerprint density at radius 3 is 2.77 bits per heavy atom. The van der Waals surface area contributed by atoms with Crippen LogP contribution in [0.25, 0.3) is 32.8 Å². The quantitative estimate of drug-likeness (QED) is 0.252. The van der Waals surface area contributed by atoms with Crippen LogP contribution in [0, 0.1) is 29.9 Å². The van der Waals surface area contributed by atoms with Crippen LogP contribution in [-0.2, 0) is 0 Å². The summed E-state index contributed by atoms with van der Waals surface area (Å²) in [4.78, 5) is 13.9. The minimum atomic E-state index is -0.891. The number of piperazine rings is 1. The van der Waals surface area contributed by atoms with Crippen molar-refractivity contribution in [2.45, 2.75) is 69.2 Å². The number of phenolic OH excluding ortho intramolecular Hbond substituents is 1. The number of fused-ring (bicyclic) bond motifs is 5. The molecule has 5 heterocycles. The third kappa shape index (κ3) is 4.73. The Bertz CT molecular complexity index is 2000. The molecule has 3 aromatic carbocycles. The van der Waals surface area contributed by atoms with Gasteiger partial charge in [-0.05, 0) is 81.6 Å². The van der Waals surface area contributed by atoms with Gasteiger partial charge in [0.1, 0.15) is 29.5 Å². The number of aliphatic hydroxyl groups excluding tert-OH is 1. The molecule has 4 saturated heterocycles. The lowest BCUT2D eigenvalue weighted by molar-refractivity contribution is 0.107. The Hall–Kier alpha value is -4.04. The van der Waals surface area contributed by atoms with Crippen LogP contribution in [0.1, 0.15) is 52.0 Å². The van der Waals surface area contributed by atoms with Crippen LogP contribution >= 0.6 is 0 Å². The number of aromatic hydroxyl groups is 1. The molecule has 4 fully saturated rings. The van der Waals surface area contributed by atoms with Crippen LogP contribution in [0.2, 0.25) is 0 Å². The molecule has 8 rings (SSSR count). The number of halogens is 2. The largest absolute Gasteiger partial charge is 0.508 e. The topological polar surface area (TPSA) is 94.0 Å². The lowest BCUT2D eigenvalue weighted by atomic mass is 9.91. The SMILES string of the molecule is C#Cc1cccc2cc(O)cc(-c3c(F)cc4c(N5C[C@@]6(C)CC(O)[C@@](C)(C5)N6)nc(OC[C@@]56CCCN5C[C@H](C)C6)nc4c3F)c12. The zero-order valence-electron chi connectivity index (χ0n) is 26.9. The van der Waals surface area contributed by atoms with E-state index < -0.39 is 28.8 Å². The van der Waals surface area contributed by atoms with Crippen molar-refractivity contribution in [1.29, 1.82) is 0 Å². The molecule has 4 aliphatic heterocycles. The highest BCUT2D eigenvalue weighted by molar-refractivity contribution is 6.04. The molecule has 244 valence electrons. The summed E-state index contributed by atoms with van der Waals surface area (Å²) in [7, 11) is 0. The first-order chi connectivity index (χ1) is 22.4. The minimum absolute atomic E-state index is 0.0246. The fourth-order valence-corrected chi connectivity index (χ4v) is 9.21. The number of benzene rings is 3. The molecule has 4 aliphatic rings. The number of anilines is 1. The molecule has 0 spiro atoms. The third-order valence-electron chi connectivity index (χ3n) is 11.0. The predicted octanol–water partition coefficient (Wildman–Crippen LogP) is 5.36. The fraction of sp³-hybridized carbons (Fsp3) is 0.459. The van der Waals surface area contributed by atoms with Gasteiger partial charge in [-0.3, -0.25) is 4.90 Å². The minimum Gasteiger partial charge on any atom is -0.508 e. The number of hydrogen-bond donors (Lipinski definition) is 3. The smallest absolute Gasteiger partial charge is 0.319 e. The average molecular weight is 640 g/mol. The zero-order valence-corrected chi connectivity index (χ0v) is 26.9. The van der Waals surface area contributed by atoms with Crippen molar-refractivity contribution in [3.05, 3.63) is 53.6 Å². The highest BCUT2D eigenvalue weighted by atomic mass is 19.1.